The van der Waals surface area contributed by atoms with Crippen molar-refractivity contribution in [1.82, 2.24) is 24.0 Å². The highest BCUT2D eigenvalue weighted by Gasteiger charge is 2.39. The molecular formula is C16H21N5O3S. The van der Waals surface area contributed by atoms with Crippen LogP contribution in [0.5, 0.6) is 0 Å². The Hall–Kier alpha value is -2.26. The summed E-state index contributed by atoms with van der Waals surface area (Å²) in [7, 11) is -3.39. The first-order chi connectivity index (χ1) is 11.9. The second kappa shape index (κ2) is 6.93. The van der Waals surface area contributed by atoms with Crippen LogP contribution >= 0.6 is 0 Å². The summed E-state index contributed by atoms with van der Waals surface area (Å²) in [4.78, 5) is 18.0. The van der Waals surface area contributed by atoms with E-state index in [1.807, 2.05) is 13.0 Å². The smallest absolute Gasteiger partial charge is 0.274 e. The van der Waals surface area contributed by atoms with E-state index >= 15 is 0 Å². The monoisotopic (exact) mass is 363 g/mol. The van der Waals surface area contributed by atoms with Crippen molar-refractivity contribution in [1.29, 1.82) is 0 Å². The molecule has 0 bridgehead atoms. The van der Waals surface area contributed by atoms with E-state index in [0.29, 0.717) is 25.3 Å². The lowest BCUT2D eigenvalue weighted by atomic mass is 10.1. The maximum absolute atomic E-state index is 12.4. The van der Waals surface area contributed by atoms with E-state index in [-0.39, 0.29) is 18.5 Å². The molecule has 134 valence electrons. The molecule has 0 atom stereocenters. The van der Waals surface area contributed by atoms with E-state index in [4.69, 9.17) is 0 Å². The molecule has 0 aromatic carbocycles. The molecule has 0 saturated carbocycles. The highest BCUT2D eigenvalue weighted by molar-refractivity contribution is 7.88. The zero-order chi connectivity index (χ0) is 18.0. The highest BCUT2D eigenvalue weighted by Crippen LogP contribution is 2.22. The van der Waals surface area contributed by atoms with Gasteiger partial charge in [0, 0.05) is 44.8 Å². The summed E-state index contributed by atoms with van der Waals surface area (Å²) in [6, 6.07) is 5.07. The number of pyridine rings is 1. The number of amides is 1. The zero-order valence-electron chi connectivity index (χ0n) is 14.2. The quantitative estimate of drug-likeness (QED) is 0.749. The third kappa shape index (κ3) is 3.88. The Kier molecular flexibility index (Phi) is 4.87. The summed E-state index contributed by atoms with van der Waals surface area (Å²) in [6.45, 7) is 3.63. The number of likely N-dealkylation sites (tertiary alicyclic amines) is 1. The fraction of sp³-hybridized carbons (Fsp3) is 0.438. The third-order valence-corrected chi connectivity index (χ3v) is 5.51. The molecule has 1 saturated heterocycles. The number of carbonyl (C=O) groups is 1. The molecule has 9 heteroatoms. The number of aromatic nitrogens is 3. The molecule has 0 spiro atoms. The van der Waals surface area contributed by atoms with Gasteiger partial charge >= 0.3 is 0 Å². The van der Waals surface area contributed by atoms with E-state index in [9.17, 15) is 13.2 Å². The van der Waals surface area contributed by atoms with Gasteiger partial charge in [-0.1, -0.05) is 6.07 Å². The van der Waals surface area contributed by atoms with E-state index in [0.717, 1.165) is 5.56 Å². The van der Waals surface area contributed by atoms with Gasteiger partial charge in [0.05, 0.1) is 12.3 Å². The first-order valence-electron chi connectivity index (χ1n) is 8.07. The molecule has 1 amide bonds. The molecule has 3 heterocycles. The number of hydrogen-bond donors (Lipinski definition) is 0. The van der Waals surface area contributed by atoms with Crippen molar-refractivity contribution in [3.8, 4) is 0 Å². The Morgan fingerprint density at radius 2 is 2.12 bits per heavy atom. The van der Waals surface area contributed by atoms with Gasteiger partial charge in [-0.05, 0) is 24.6 Å². The first kappa shape index (κ1) is 17.6. The maximum atomic E-state index is 12.4. The minimum absolute atomic E-state index is 0.168. The lowest BCUT2D eigenvalue weighted by molar-refractivity contribution is 0.0437. The molecule has 1 fully saturated rings. The second-order valence-corrected chi connectivity index (χ2v) is 8.03. The number of rotatable bonds is 6. The minimum atomic E-state index is -3.39. The predicted octanol–water partition coefficient (Wildman–Crippen LogP) is 0.584. The van der Waals surface area contributed by atoms with Crippen LogP contribution in [0.15, 0.2) is 36.8 Å². The van der Waals surface area contributed by atoms with Gasteiger partial charge in [-0.2, -0.15) is 9.40 Å². The fourth-order valence-corrected chi connectivity index (χ4v) is 3.86. The largest absolute Gasteiger partial charge is 0.334 e. The Morgan fingerprint density at radius 1 is 1.36 bits per heavy atom. The summed E-state index contributed by atoms with van der Waals surface area (Å²) in [5, 5.41) is 4.20. The van der Waals surface area contributed by atoms with Gasteiger partial charge in [0.25, 0.3) is 5.91 Å². The fourth-order valence-electron chi connectivity index (χ4n) is 2.81. The van der Waals surface area contributed by atoms with Crippen LogP contribution in [0.3, 0.4) is 0 Å². The van der Waals surface area contributed by atoms with Crippen LogP contribution in [-0.2, 0) is 23.1 Å². The van der Waals surface area contributed by atoms with Gasteiger partial charge in [-0.3, -0.25) is 14.5 Å². The number of aryl methyl sites for hydroxylation is 1. The summed E-state index contributed by atoms with van der Waals surface area (Å²) in [5.74, 6) is -0.168. The van der Waals surface area contributed by atoms with Crippen LogP contribution in [-0.4, -0.2) is 63.7 Å². The van der Waals surface area contributed by atoms with Gasteiger partial charge in [-0.15, -0.1) is 0 Å². The molecule has 0 unspecified atom stereocenters. The van der Waals surface area contributed by atoms with Crippen molar-refractivity contribution in [2.75, 3.05) is 19.3 Å². The topological polar surface area (TPSA) is 88.4 Å². The van der Waals surface area contributed by atoms with Crippen molar-refractivity contribution in [2.45, 2.75) is 26.1 Å². The van der Waals surface area contributed by atoms with Crippen LogP contribution in [0, 0.1) is 0 Å². The van der Waals surface area contributed by atoms with Crippen LogP contribution in [0.4, 0.5) is 0 Å². The predicted molar refractivity (Wildman–Crippen MR) is 92.2 cm³/mol. The Balaban J connectivity index is 1.66. The average molecular weight is 363 g/mol. The molecule has 8 nitrogen and oxygen atoms in total. The van der Waals surface area contributed by atoms with Crippen molar-refractivity contribution in [2.24, 2.45) is 0 Å². The molecular weight excluding hydrogens is 342 g/mol. The number of sulfonamides is 1. The molecule has 2 aromatic heterocycles. The van der Waals surface area contributed by atoms with Crippen molar-refractivity contribution < 1.29 is 13.2 Å². The van der Waals surface area contributed by atoms with Crippen molar-refractivity contribution >= 4 is 15.9 Å². The molecule has 0 N–H and O–H groups in total. The number of nitrogens with zero attached hydrogens (tertiary/aromatic N) is 5. The molecule has 1 aliphatic heterocycles. The molecule has 2 aromatic rings. The minimum Gasteiger partial charge on any atom is -0.334 e. The summed E-state index contributed by atoms with van der Waals surface area (Å²) < 4.78 is 27.4. The average Bonchev–Trinajstić information content (AvgIpc) is 3.01. The van der Waals surface area contributed by atoms with Gasteiger partial charge in [0.2, 0.25) is 10.0 Å². The maximum Gasteiger partial charge on any atom is 0.274 e. The zero-order valence-corrected chi connectivity index (χ0v) is 15.1. The first-order valence-corrected chi connectivity index (χ1v) is 9.91. The normalized spacial score (nSPS) is 15.4. The van der Waals surface area contributed by atoms with Gasteiger partial charge in [0.1, 0.15) is 5.69 Å². The Labute approximate surface area is 147 Å². The summed E-state index contributed by atoms with van der Waals surface area (Å²) in [5.41, 5.74) is 1.21. The summed E-state index contributed by atoms with van der Waals surface area (Å²) in [6.07, 6.45) is 6.25. The van der Waals surface area contributed by atoms with E-state index < -0.39 is 10.0 Å². The molecule has 0 aliphatic carbocycles. The van der Waals surface area contributed by atoms with E-state index in [1.165, 1.54) is 10.6 Å². The highest BCUT2D eigenvalue weighted by atomic mass is 32.2. The Bertz CT molecular complexity index is 844. The summed E-state index contributed by atoms with van der Waals surface area (Å²) >= 11 is 0. The Morgan fingerprint density at radius 3 is 2.68 bits per heavy atom. The van der Waals surface area contributed by atoms with Crippen molar-refractivity contribution in [3.05, 3.63) is 48.0 Å². The molecule has 3 rings (SSSR count). The molecule has 1 aliphatic rings. The van der Waals surface area contributed by atoms with Gasteiger partial charge in [-0.25, -0.2) is 8.42 Å². The number of carbonyl (C=O) groups excluding carboxylic acids is 1. The van der Waals surface area contributed by atoms with Crippen LogP contribution in [0.1, 0.15) is 23.0 Å². The van der Waals surface area contributed by atoms with Crippen LogP contribution < -0.4 is 0 Å². The molecule has 25 heavy (non-hydrogen) atoms. The van der Waals surface area contributed by atoms with E-state index in [1.54, 1.807) is 40.3 Å². The molecule has 0 radical (unpaired) electrons. The lowest BCUT2D eigenvalue weighted by Crippen LogP contribution is -2.61. The van der Waals surface area contributed by atoms with Crippen LogP contribution in [0.25, 0.3) is 0 Å². The second-order valence-electron chi connectivity index (χ2n) is 6.09. The number of hydrogen-bond acceptors (Lipinski definition) is 5. The van der Waals surface area contributed by atoms with E-state index in [2.05, 4.69) is 10.1 Å². The lowest BCUT2D eigenvalue weighted by Gasteiger charge is -2.43. The third-order valence-electron chi connectivity index (χ3n) is 4.23. The van der Waals surface area contributed by atoms with Gasteiger partial charge in [0.15, 0.2) is 0 Å². The standard InChI is InChI=1S/C16H21N5O3S/c1-3-20-8-6-15(18-20)16(22)19-11-14(12-19)21(25(2,23)24)10-13-5-4-7-17-9-13/h4-9,14H,3,10-12H2,1-2H3. The SMILES string of the molecule is CCn1ccc(C(=O)N2CC(N(Cc3cccnc3)S(C)(=O)=O)C2)n1. The van der Waals surface area contributed by atoms with Crippen molar-refractivity contribution in [3.63, 3.8) is 0 Å². The van der Waals surface area contributed by atoms with Gasteiger partial charge < -0.3 is 4.90 Å². The van der Waals surface area contributed by atoms with Crippen LogP contribution in [0.2, 0.25) is 0 Å².